The van der Waals surface area contributed by atoms with E-state index in [1.165, 1.54) is 18.5 Å². The second-order valence-corrected chi connectivity index (χ2v) is 10.2. The average molecular weight is 552 g/mol. The Kier molecular flexibility index (Phi) is 6.42. The van der Waals surface area contributed by atoms with Gasteiger partial charge in [-0.15, -0.1) is 10.2 Å². The Balaban J connectivity index is 1.37. The molecule has 1 aliphatic rings. The van der Waals surface area contributed by atoms with E-state index in [9.17, 15) is 22.7 Å². The lowest BCUT2D eigenvalue weighted by molar-refractivity contribution is -0.136. The molecule has 7 nitrogen and oxygen atoms in total. The summed E-state index contributed by atoms with van der Waals surface area (Å²) in [7, 11) is 1.75. The Morgan fingerprint density at radius 3 is 2.55 bits per heavy atom. The molecule has 11 heteroatoms. The zero-order chi connectivity index (χ0) is 28.1. The van der Waals surface area contributed by atoms with Gasteiger partial charge in [0.1, 0.15) is 23.2 Å². The monoisotopic (exact) mass is 551 g/mol. The maximum atomic E-state index is 14.2. The summed E-state index contributed by atoms with van der Waals surface area (Å²) in [6.07, 6.45) is -0.852. The number of rotatable bonds is 7. The fraction of sp³-hybridized carbons (Fsp3) is 0.276. The highest BCUT2D eigenvalue weighted by molar-refractivity contribution is 5.84. The highest BCUT2D eigenvalue weighted by Gasteiger charge is 2.36. The molecule has 6 rings (SSSR count). The summed E-state index contributed by atoms with van der Waals surface area (Å²) in [6, 6.07) is 13.9. The molecule has 2 aromatic heterocycles. The highest BCUT2D eigenvalue weighted by atomic mass is 19.4. The van der Waals surface area contributed by atoms with Gasteiger partial charge in [0, 0.05) is 31.3 Å². The van der Waals surface area contributed by atoms with Crippen molar-refractivity contribution in [3.8, 4) is 34.0 Å². The lowest BCUT2D eigenvalue weighted by atomic mass is 9.80. The molecule has 0 aliphatic heterocycles. The zero-order valence-corrected chi connectivity index (χ0v) is 21.5. The van der Waals surface area contributed by atoms with Crippen molar-refractivity contribution in [2.45, 2.75) is 37.6 Å². The van der Waals surface area contributed by atoms with Gasteiger partial charge in [-0.25, -0.2) is 9.37 Å². The first kappa shape index (κ1) is 26.1. The quantitative estimate of drug-likeness (QED) is 0.237. The number of oxazole rings is 1. The van der Waals surface area contributed by atoms with E-state index in [2.05, 4.69) is 20.5 Å². The van der Waals surface area contributed by atoms with Crippen LogP contribution in [0.25, 0.3) is 45.1 Å². The molecule has 2 heterocycles. The van der Waals surface area contributed by atoms with Crippen LogP contribution in [-0.2, 0) is 19.8 Å². The van der Waals surface area contributed by atoms with Crippen molar-refractivity contribution in [3.05, 3.63) is 77.9 Å². The molecule has 206 valence electrons. The standard InChI is InChI=1S/C29H25F4N5O2/c1-38-16-35-37-26(38)22-13-20(30)6-7-21(22)18-4-2-5-19(12-18)27-36-24-11-17(14-34-15-28(39)8-3-9-28)10-23(25(24)40-27)29(31,32)33/h2,4-7,10-13,16,34,39H,3,8-9,14-15H2,1H3. The molecule has 0 radical (unpaired) electrons. The second kappa shape index (κ2) is 9.83. The predicted molar refractivity (Wildman–Crippen MR) is 140 cm³/mol. The topological polar surface area (TPSA) is 89.0 Å². The number of hydrogen-bond donors (Lipinski definition) is 2. The van der Waals surface area contributed by atoms with E-state index in [4.69, 9.17) is 4.42 Å². The molecule has 1 saturated carbocycles. The minimum absolute atomic E-state index is 0.0264. The van der Waals surface area contributed by atoms with E-state index in [0.29, 0.717) is 53.0 Å². The fourth-order valence-corrected chi connectivity index (χ4v) is 5.03. The van der Waals surface area contributed by atoms with Gasteiger partial charge in [0.15, 0.2) is 11.4 Å². The number of aromatic nitrogens is 4. The molecule has 1 fully saturated rings. The van der Waals surface area contributed by atoms with E-state index in [-0.39, 0.29) is 23.5 Å². The molecule has 40 heavy (non-hydrogen) atoms. The minimum Gasteiger partial charge on any atom is -0.435 e. The molecule has 0 saturated heterocycles. The van der Waals surface area contributed by atoms with Crippen LogP contribution in [0.4, 0.5) is 17.6 Å². The third-order valence-electron chi connectivity index (χ3n) is 7.28. The van der Waals surface area contributed by atoms with E-state index in [1.807, 2.05) is 0 Å². The molecule has 3 aromatic carbocycles. The number of hydrogen-bond acceptors (Lipinski definition) is 6. The maximum absolute atomic E-state index is 14.2. The van der Waals surface area contributed by atoms with Crippen molar-refractivity contribution in [1.29, 1.82) is 0 Å². The van der Waals surface area contributed by atoms with Crippen LogP contribution in [0.15, 0.2) is 65.3 Å². The van der Waals surface area contributed by atoms with Crippen molar-refractivity contribution in [1.82, 2.24) is 25.1 Å². The van der Waals surface area contributed by atoms with Crippen molar-refractivity contribution in [2.75, 3.05) is 6.54 Å². The Morgan fingerprint density at radius 1 is 1.05 bits per heavy atom. The zero-order valence-electron chi connectivity index (χ0n) is 21.5. The molecule has 0 unspecified atom stereocenters. The van der Waals surface area contributed by atoms with Gasteiger partial charge in [-0.3, -0.25) is 0 Å². The lowest BCUT2D eigenvalue weighted by Crippen LogP contribution is -2.45. The highest BCUT2D eigenvalue weighted by Crippen LogP contribution is 2.39. The number of aryl methyl sites for hydroxylation is 1. The van der Waals surface area contributed by atoms with Crippen LogP contribution in [0.1, 0.15) is 30.4 Å². The Hall–Kier alpha value is -4.09. The summed E-state index contributed by atoms with van der Waals surface area (Å²) >= 11 is 0. The van der Waals surface area contributed by atoms with Crippen LogP contribution in [0.5, 0.6) is 0 Å². The molecule has 2 N–H and O–H groups in total. The van der Waals surface area contributed by atoms with E-state index in [1.54, 1.807) is 48.0 Å². The van der Waals surface area contributed by atoms with Crippen LogP contribution in [0.2, 0.25) is 0 Å². The van der Waals surface area contributed by atoms with Gasteiger partial charge >= 0.3 is 6.18 Å². The van der Waals surface area contributed by atoms with Crippen LogP contribution >= 0.6 is 0 Å². The number of aliphatic hydroxyl groups is 1. The molecular formula is C29H25F4N5O2. The molecule has 0 bridgehead atoms. The normalized spacial score (nSPS) is 14.9. The molecule has 0 amide bonds. The Labute approximate surface area is 226 Å². The van der Waals surface area contributed by atoms with Gasteiger partial charge in [-0.05, 0) is 72.4 Å². The number of nitrogens with one attached hydrogen (secondary N) is 1. The van der Waals surface area contributed by atoms with Gasteiger partial charge in [0.05, 0.1) is 5.60 Å². The van der Waals surface area contributed by atoms with Crippen LogP contribution in [0, 0.1) is 5.82 Å². The number of fused-ring (bicyclic) bond motifs is 1. The molecule has 0 atom stereocenters. The maximum Gasteiger partial charge on any atom is 0.420 e. The second-order valence-electron chi connectivity index (χ2n) is 10.2. The largest absolute Gasteiger partial charge is 0.435 e. The smallest absolute Gasteiger partial charge is 0.420 e. The number of alkyl halides is 3. The number of nitrogens with zero attached hydrogens (tertiary/aromatic N) is 4. The SMILES string of the molecule is Cn1cnnc1-c1cc(F)ccc1-c1cccc(-c2nc3cc(CNCC4(O)CCC4)cc(C(F)(F)F)c3o2)c1. The van der Waals surface area contributed by atoms with E-state index in [0.717, 1.165) is 12.5 Å². The molecule has 5 aromatic rings. The third kappa shape index (κ3) is 4.98. The number of halogens is 4. The average Bonchev–Trinajstić information content (AvgIpc) is 3.53. The summed E-state index contributed by atoms with van der Waals surface area (Å²) in [5.74, 6) is 0.0457. The van der Waals surface area contributed by atoms with Crippen molar-refractivity contribution >= 4 is 11.1 Å². The molecule has 0 spiro atoms. The fourth-order valence-electron chi connectivity index (χ4n) is 5.03. The van der Waals surface area contributed by atoms with Crippen LogP contribution in [-0.4, -0.2) is 37.0 Å². The first-order chi connectivity index (χ1) is 19.1. The van der Waals surface area contributed by atoms with E-state index < -0.39 is 23.2 Å². The van der Waals surface area contributed by atoms with Gasteiger partial charge in [-0.1, -0.05) is 18.2 Å². The first-order valence-corrected chi connectivity index (χ1v) is 12.8. The van der Waals surface area contributed by atoms with Gasteiger partial charge in [-0.2, -0.15) is 13.2 Å². The number of benzene rings is 3. The molecular weight excluding hydrogens is 526 g/mol. The van der Waals surface area contributed by atoms with Gasteiger partial charge in [0.2, 0.25) is 5.89 Å². The minimum atomic E-state index is -4.65. The predicted octanol–water partition coefficient (Wildman–Crippen LogP) is 6.12. The first-order valence-electron chi connectivity index (χ1n) is 12.8. The summed E-state index contributed by atoms with van der Waals surface area (Å²) < 4.78 is 63.6. The Bertz CT molecular complexity index is 1700. The van der Waals surface area contributed by atoms with Gasteiger partial charge in [0.25, 0.3) is 0 Å². The van der Waals surface area contributed by atoms with Gasteiger partial charge < -0.3 is 19.4 Å². The third-order valence-corrected chi connectivity index (χ3v) is 7.28. The van der Waals surface area contributed by atoms with Crippen molar-refractivity contribution in [2.24, 2.45) is 7.05 Å². The summed E-state index contributed by atoms with van der Waals surface area (Å²) in [4.78, 5) is 4.41. The molecule has 1 aliphatic carbocycles. The summed E-state index contributed by atoms with van der Waals surface area (Å²) in [5, 5.41) is 21.3. The lowest BCUT2D eigenvalue weighted by Gasteiger charge is -2.36. The van der Waals surface area contributed by atoms with Crippen LogP contribution < -0.4 is 5.32 Å². The van der Waals surface area contributed by atoms with Crippen molar-refractivity contribution < 1.29 is 27.1 Å². The summed E-state index contributed by atoms with van der Waals surface area (Å²) in [5.41, 5.74) is 0.713. The van der Waals surface area contributed by atoms with E-state index >= 15 is 0 Å². The van der Waals surface area contributed by atoms with Crippen molar-refractivity contribution in [3.63, 3.8) is 0 Å². The summed E-state index contributed by atoms with van der Waals surface area (Å²) in [6.45, 7) is 0.456. The van der Waals surface area contributed by atoms with Crippen LogP contribution in [0.3, 0.4) is 0 Å². The Morgan fingerprint density at radius 2 is 1.85 bits per heavy atom.